The van der Waals surface area contributed by atoms with Crippen molar-refractivity contribution in [3.8, 4) is 0 Å². The molecule has 0 spiro atoms. The first kappa shape index (κ1) is 12.2. The topological polar surface area (TPSA) is 55.6 Å². The average molecular weight is 251 g/mol. The minimum absolute atomic E-state index is 0.204. The Kier molecular flexibility index (Phi) is 3.86. The maximum atomic E-state index is 4.45. The second-order valence-electron chi connectivity index (χ2n) is 3.97. The van der Waals surface area contributed by atoms with Gasteiger partial charge in [0.25, 0.3) is 0 Å². The fourth-order valence-corrected chi connectivity index (χ4v) is 2.43. The van der Waals surface area contributed by atoms with E-state index in [1.54, 1.807) is 0 Å². The molecule has 17 heavy (non-hydrogen) atoms. The second-order valence-corrected chi connectivity index (χ2v) is 4.58. The summed E-state index contributed by atoms with van der Waals surface area (Å²) >= 11 is 1.39. The van der Waals surface area contributed by atoms with Crippen LogP contribution in [0.15, 0.2) is 11.4 Å². The molecule has 5 nitrogen and oxygen atoms in total. The lowest BCUT2D eigenvalue weighted by Crippen LogP contribution is -2.21. The highest BCUT2D eigenvalue weighted by Gasteiger charge is 2.15. The summed E-state index contributed by atoms with van der Waals surface area (Å²) in [4.78, 5) is 0. The lowest BCUT2D eigenvalue weighted by Gasteiger charge is -2.13. The molecule has 2 aromatic rings. The van der Waals surface area contributed by atoms with E-state index in [0.717, 1.165) is 24.4 Å². The number of aryl methyl sites for hydroxylation is 2. The molecule has 0 amide bonds. The molecule has 0 bridgehead atoms. The minimum Gasteiger partial charge on any atom is -0.311 e. The highest BCUT2D eigenvalue weighted by molar-refractivity contribution is 7.03. The number of rotatable bonds is 5. The van der Waals surface area contributed by atoms with Gasteiger partial charge < -0.3 is 5.32 Å². The lowest BCUT2D eigenvalue weighted by atomic mass is 10.1. The van der Waals surface area contributed by atoms with E-state index in [4.69, 9.17) is 0 Å². The largest absolute Gasteiger partial charge is 0.311 e. The monoisotopic (exact) mass is 251 g/mol. The summed E-state index contributed by atoms with van der Waals surface area (Å²) in [5.74, 6) is 0. The predicted molar refractivity (Wildman–Crippen MR) is 68.1 cm³/mol. The van der Waals surface area contributed by atoms with Crippen molar-refractivity contribution in [3.63, 3.8) is 0 Å². The van der Waals surface area contributed by atoms with Gasteiger partial charge in [-0.3, -0.25) is 4.68 Å². The highest BCUT2D eigenvalue weighted by Crippen LogP contribution is 2.17. The van der Waals surface area contributed by atoms with Gasteiger partial charge in [0.15, 0.2) is 0 Å². The van der Waals surface area contributed by atoms with Gasteiger partial charge in [0.05, 0.1) is 17.4 Å². The number of nitrogens with zero attached hydrogens (tertiary/aromatic N) is 4. The van der Waals surface area contributed by atoms with Crippen molar-refractivity contribution in [2.24, 2.45) is 0 Å². The number of likely N-dealkylation sites (N-methyl/N-ethyl adjacent to an activating group) is 1. The summed E-state index contributed by atoms with van der Waals surface area (Å²) in [5.41, 5.74) is 3.30. The number of nitrogens with one attached hydrogen (secondary N) is 1. The molecule has 1 atom stereocenters. The van der Waals surface area contributed by atoms with Crippen molar-refractivity contribution in [3.05, 3.63) is 28.5 Å². The summed E-state index contributed by atoms with van der Waals surface area (Å²) in [6.07, 6.45) is 0.886. The molecule has 0 aliphatic carbocycles. The Bertz CT molecular complexity index is 462. The summed E-state index contributed by atoms with van der Waals surface area (Å²) in [6.45, 7) is 5.03. The summed E-state index contributed by atoms with van der Waals surface area (Å²) in [7, 11) is 1.95. The van der Waals surface area contributed by atoms with Crippen molar-refractivity contribution in [1.29, 1.82) is 0 Å². The molecule has 0 fully saturated rings. The number of hydrogen-bond donors (Lipinski definition) is 1. The zero-order chi connectivity index (χ0) is 12.3. The molecule has 2 rings (SSSR count). The van der Waals surface area contributed by atoms with Crippen molar-refractivity contribution in [2.75, 3.05) is 7.05 Å². The molecule has 1 N–H and O–H groups in total. The first-order valence-electron chi connectivity index (χ1n) is 5.72. The van der Waals surface area contributed by atoms with Gasteiger partial charge in [0, 0.05) is 24.0 Å². The molecule has 2 heterocycles. The van der Waals surface area contributed by atoms with Crippen LogP contribution in [0.2, 0.25) is 0 Å². The van der Waals surface area contributed by atoms with E-state index in [-0.39, 0.29) is 6.04 Å². The highest BCUT2D eigenvalue weighted by atomic mass is 32.1. The van der Waals surface area contributed by atoms with E-state index < -0.39 is 0 Å². The van der Waals surface area contributed by atoms with Crippen LogP contribution in [0, 0.1) is 6.92 Å². The summed E-state index contributed by atoms with van der Waals surface area (Å²) < 4.78 is 5.95. The van der Waals surface area contributed by atoms with E-state index >= 15 is 0 Å². The molecular weight excluding hydrogens is 234 g/mol. The van der Waals surface area contributed by atoms with Gasteiger partial charge >= 0.3 is 0 Å². The second kappa shape index (κ2) is 5.37. The minimum atomic E-state index is 0.204. The van der Waals surface area contributed by atoms with E-state index in [1.165, 1.54) is 17.2 Å². The zero-order valence-electron chi connectivity index (χ0n) is 10.3. The first-order chi connectivity index (χ1) is 8.24. The van der Waals surface area contributed by atoms with Crippen LogP contribution in [0.5, 0.6) is 0 Å². The van der Waals surface area contributed by atoms with Gasteiger partial charge in [-0.1, -0.05) is 4.49 Å². The third-order valence-electron chi connectivity index (χ3n) is 2.78. The molecular formula is C11H17N5S. The number of hydrogen-bond acceptors (Lipinski definition) is 5. The van der Waals surface area contributed by atoms with Crippen LogP contribution in [-0.4, -0.2) is 26.4 Å². The maximum absolute atomic E-state index is 4.45. The van der Waals surface area contributed by atoms with Gasteiger partial charge in [-0.15, -0.1) is 5.10 Å². The summed E-state index contributed by atoms with van der Waals surface area (Å²) in [5, 5.41) is 13.8. The third kappa shape index (κ3) is 2.70. The summed E-state index contributed by atoms with van der Waals surface area (Å²) in [6, 6.07) is 2.34. The Hall–Kier alpha value is -1.27. The molecule has 0 aliphatic rings. The molecule has 6 heteroatoms. The average Bonchev–Trinajstić information content (AvgIpc) is 2.94. The van der Waals surface area contributed by atoms with Gasteiger partial charge in [0.1, 0.15) is 0 Å². The molecule has 0 saturated heterocycles. The molecule has 0 saturated carbocycles. The van der Waals surface area contributed by atoms with E-state index in [2.05, 4.69) is 33.0 Å². The van der Waals surface area contributed by atoms with Crippen LogP contribution in [0.25, 0.3) is 0 Å². The Morgan fingerprint density at radius 2 is 2.35 bits per heavy atom. The third-order valence-corrected chi connectivity index (χ3v) is 3.30. The lowest BCUT2D eigenvalue weighted by molar-refractivity contribution is 0.531. The molecule has 0 aromatic carbocycles. The SMILES string of the molecule is CCn1nc(C)cc1CC(NC)c1csnn1. The normalized spacial score (nSPS) is 12.9. The predicted octanol–water partition coefficient (Wildman–Crippen LogP) is 1.57. The van der Waals surface area contributed by atoms with Crippen LogP contribution in [0.3, 0.4) is 0 Å². The van der Waals surface area contributed by atoms with Gasteiger partial charge in [-0.25, -0.2) is 0 Å². The van der Waals surface area contributed by atoms with Crippen molar-refractivity contribution in [2.45, 2.75) is 32.9 Å². The van der Waals surface area contributed by atoms with Crippen LogP contribution in [-0.2, 0) is 13.0 Å². The molecule has 0 radical (unpaired) electrons. The molecule has 92 valence electrons. The van der Waals surface area contributed by atoms with Crippen LogP contribution < -0.4 is 5.32 Å². The Balaban J connectivity index is 2.18. The number of aromatic nitrogens is 4. The van der Waals surface area contributed by atoms with Crippen molar-refractivity contribution in [1.82, 2.24) is 24.7 Å². The van der Waals surface area contributed by atoms with E-state index in [1.807, 2.05) is 24.0 Å². The molecule has 2 aromatic heterocycles. The Labute approximate surface area is 105 Å². The van der Waals surface area contributed by atoms with Crippen LogP contribution in [0.1, 0.15) is 30.0 Å². The first-order valence-corrected chi connectivity index (χ1v) is 6.55. The Morgan fingerprint density at radius 3 is 2.94 bits per heavy atom. The van der Waals surface area contributed by atoms with E-state index in [0.29, 0.717) is 0 Å². The fourth-order valence-electron chi connectivity index (χ4n) is 1.92. The fraction of sp³-hybridized carbons (Fsp3) is 0.545. The maximum Gasteiger partial charge on any atom is 0.0928 e. The van der Waals surface area contributed by atoms with Crippen molar-refractivity contribution < 1.29 is 0 Å². The van der Waals surface area contributed by atoms with Crippen molar-refractivity contribution >= 4 is 11.5 Å². The van der Waals surface area contributed by atoms with Crippen LogP contribution >= 0.6 is 11.5 Å². The molecule has 0 aliphatic heterocycles. The standard InChI is InChI=1S/C11H17N5S/c1-4-16-9(5-8(2)14-16)6-10(12-3)11-7-17-15-13-11/h5,7,10,12H,4,6H2,1-3H3. The van der Waals surface area contributed by atoms with Gasteiger partial charge in [0.2, 0.25) is 0 Å². The smallest absolute Gasteiger partial charge is 0.0928 e. The van der Waals surface area contributed by atoms with Gasteiger partial charge in [-0.2, -0.15) is 5.10 Å². The van der Waals surface area contributed by atoms with Crippen LogP contribution in [0.4, 0.5) is 0 Å². The quantitative estimate of drug-likeness (QED) is 0.876. The van der Waals surface area contributed by atoms with Gasteiger partial charge in [-0.05, 0) is 38.5 Å². The van der Waals surface area contributed by atoms with E-state index in [9.17, 15) is 0 Å². The molecule has 1 unspecified atom stereocenters. The Morgan fingerprint density at radius 1 is 1.53 bits per heavy atom. The zero-order valence-corrected chi connectivity index (χ0v) is 11.2.